The van der Waals surface area contributed by atoms with Crippen LogP contribution in [-0.2, 0) is 16.0 Å². The number of ether oxygens (including phenoxy) is 1. The van der Waals surface area contributed by atoms with E-state index >= 15 is 0 Å². The molecule has 2 N–H and O–H groups in total. The number of anilines is 2. The average Bonchev–Trinajstić information content (AvgIpc) is 2.43. The van der Waals surface area contributed by atoms with Gasteiger partial charge in [0.05, 0.1) is 6.61 Å². The zero-order valence-corrected chi connectivity index (χ0v) is 11.8. The Morgan fingerprint density at radius 1 is 1.21 bits per heavy atom. The molecule has 1 aromatic heterocycles. The highest BCUT2D eigenvalue weighted by Gasteiger charge is 2.10. The van der Waals surface area contributed by atoms with Crippen molar-refractivity contribution in [3.8, 4) is 0 Å². The summed E-state index contributed by atoms with van der Waals surface area (Å²) >= 11 is 0. The third kappa shape index (κ3) is 4.73. The molecule has 0 spiro atoms. The Balaban J connectivity index is 2.73. The van der Waals surface area contributed by atoms with Crippen LogP contribution in [0.15, 0.2) is 6.33 Å². The first kappa shape index (κ1) is 15.2. The van der Waals surface area contributed by atoms with Crippen LogP contribution < -0.4 is 10.6 Å². The topological polar surface area (TPSA) is 76.1 Å². The maximum absolute atomic E-state index is 11.3. The van der Waals surface area contributed by atoms with Crippen LogP contribution in [0.5, 0.6) is 0 Å². The molecule has 1 heterocycles. The van der Waals surface area contributed by atoms with Gasteiger partial charge in [-0.15, -0.1) is 0 Å². The molecule has 1 aromatic rings. The van der Waals surface area contributed by atoms with Crippen LogP contribution in [-0.4, -0.2) is 35.6 Å². The Morgan fingerprint density at radius 2 is 1.89 bits per heavy atom. The Kier molecular flexibility index (Phi) is 6.63. The Bertz CT molecular complexity index is 410. The highest BCUT2D eigenvalue weighted by Crippen LogP contribution is 2.20. The van der Waals surface area contributed by atoms with Crippen LogP contribution in [0.4, 0.5) is 11.6 Å². The molecule has 1 rings (SSSR count). The van der Waals surface area contributed by atoms with Gasteiger partial charge in [-0.1, -0.05) is 13.8 Å². The molecule has 0 aliphatic carbocycles. The molecular weight excluding hydrogens is 244 g/mol. The zero-order chi connectivity index (χ0) is 14.1. The number of esters is 1. The summed E-state index contributed by atoms with van der Waals surface area (Å²) in [5, 5.41) is 6.26. The van der Waals surface area contributed by atoms with Crippen LogP contribution in [0.1, 0.15) is 32.8 Å². The summed E-state index contributed by atoms with van der Waals surface area (Å²) in [6.07, 6.45) is 3.31. The van der Waals surface area contributed by atoms with E-state index in [1.807, 2.05) is 6.92 Å². The largest absolute Gasteiger partial charge is 0.465 e. The van der Waals surface area contributed by atoms with Gasteiger partial charge >= 0.3 is 5.97 Å². The van der Waals surface area contributed by atoms with E-state index in [9.17, 15) is 4.79 Å². The third-order valence-electron chi connectivity index (χ3n) is 2.55. The van der Waals surface area contributed by atoms with Crippen molar-refractivity contribution in [3.05, 3.63) is 11.9 Å². The molecule has 0 atom stereocenters. The lowest BCUT2D eigenvalue weighted by molar-refractivity contribution is -0.140. The van der Waals surface area contributed by atoms with Crippen molar-refractivity contribution >= 4 is 17.6 Å². The van der Waals surface area contributed by atoms with Crippen molar-refractivity contribution < 1.29 is 9.53 Å². The van der Waals surface area contributed by atoms with Gasteiger partial charge in [0.15, 0.2) is 0 Å². The lowest BCUT2D eigenvalue weighted by Gasteiger charge is -2.13. The fourth-order valence-electron chi connectivity index (χ4n) is 1.66. The van der Waals surface area contributed by atoms with Crippen molar-refractivity contribution in [1.82, 2.24) is 9.97 Å². The SMILES string of the molecule is CCCNc1ncnc(NCC(=O)OCC)c1CC. The van der Waals surface area contributed by atoms with Crippen LogP contribution in [0.25, 0.3) is 0 Å². The minimum Gasteiger partial charge on any atom is -0.465 e. The van der Waals surface area contributed by atoms with Crippen LogP contribution in [0.3, 0.4) is 0 Å². The highest BCUT2D eigenvalue weighted by molar-refractivity contribution is 5.75. The van der Waals surface area contributed by atoms with Crippen molar-refractivity contribution in [2.45, 2.75) is 33.6 Å². The smallest absolute Gasteiger partial charge is 0.325 e. The third-order valence-corrected chi connectivity index (χ3v) is 2.55. The number of hydrogen-bond donors (Lipinski definition) is 2. The monoisotopic (exact) mass is 266 g/mol. The second kappa shape index (κ2) is 8.29. The maximum atomic E-state index is 11.3. The van der Waals surface area contributed by atoms with Crippen molar-refractivity contribution in [2.75, 3.05) is 30.3 Å². The molecule has 0 amide bonds. The van der Waals surface area contributed by atoms with Crippen LogP contribution >= 0.6 is 0 Å². The molecule has 0 unspecified atom stereocenters. The van der Waals surface area contributed by atoms with Gasteiger partial charge in [0.2, 0.25) is 0 Å². The number of aromatic nitrogens is 2. The van der Waals surface area contributed by atoms with E-state index in [1.165, 1.54) is 6.33 Å². The van der Waals surface area contributed by atoms with Gasteiger partial charge in [-0.3, -0.25) is 4.79 Å². The average molecular weight is 266 g/mol. The number of rotatable bonds is 8. The number of hydrogen-bond acceptors (Lipinski definition) is 6. The first-order valence-electron chi connectivity index (χ1n) is 6.70. The van der Waals surface area contributed by atoms with Gasteiger partial charge in [0.25, 0.3) is 0 Å². The molecule has 0 fully saturated rings. The lowest BCUT2D eigenvalue weighted by Crippen LogP contribution is -2.19. The summed E-state index contributed by atoms with van der Waals surface area (Å²) in [7, 11) is 0. The van der Waals surface area contributed by atoms with Crippen molar-refractivity contribution in [3.63, 3.8) is 0 Å². The van der Waals surface area contributed by atoms with Crippen molar-refractivity contribution in [2.24, 2.45) is 0 Å². The normalized spacial score (nSPS) is 10.1. The van der Waals surface area contributed by atoms with E-state index in [0.717, 1.165) is 30.8 Å². The second-order valence-corrected chi connectivity index (χ2v) is 3.99. The summed E-state index contributed by atoms with van der Waals surface area (Å²) in [5.41, 5.74) is 0.986. The molecule has 6 heteroatoms. The molecule has 0 aromatic carbocycles. The zero-order valence-electron chi connectivity index (χ0n) is 11.8. The molecule has 0 saturated carbocycles. The molecule has 6 nitrogen and oxygen atoms in total. The van der Waals surface area contributed by atoms with E-state index in [4.69, 9.17) is 4.74 Å². The predicted octanol–water partition coefficient (Wildman–Crippen LogP) is 1.84. The van der Waals surface area contributed by atoms with E-state index in [2.05, 4.69) is 27.5 Å². The van der Waals surface area contributed by atoms with Gasteiger partial charge in [-0.25, -0.2) is 9.97 Å². The van der Waals surface area contributed by atoms with E-state index in [1.54, 1.807) is 6.92 Å². The molecule has 19 heavy (non-hydrogen) atoms. The van der Waals surface area contributed by atoms with E-state index < -0.39 is 0 Å². The quantitative estimate of drug-likeness (QED) is 0.699. The maximum Gasteiger partial charge on any atom is 0.325 e. The molecule has 106 valence electrons. The number of carbonyl (C=O) groups excluding carboxylic acids is 1. The van der Waals surface area contributed by atoms with Gasteiger partial charge in [0.1, 0.15) is 24.5 Å². The fraction of sp³-hybridized carbons (Fsp3) is 0.615. The lowest BCUT2D eigenvalue weighted by atomic mass is 10.2. The van der Waals surface area contributed by atoms with Crippen molar-refractivity contribution in [1.29, 1.82) is 0 Å². The van der Waals surface area contributed by atoms with Gasteiger partial charge in [-0.05, 0) is 19.8 Å². The standard InChI is InChI=1S/C13H22N4O2/c1-4-7-14-12-10(5-2)13(17-9-16-12)15-8-11(18)19-6-3/h9H,4-8H2,1-3H3,(H2,14,15,16,17). The van der Waals surface area contributed by atoms with Crippen LogP contribution in [0.2, 0.25) is 0 Å². The highest BCUT2D eigenvalue weighted by atomic mass is 16.5. The molecule has 0 saturated heterocycles. The first-order valence-corrected chi connectivity index (χ1v) is 6.70. The number of nitrogens with one attached hydrogen (secondary N) is 2. The number of carbonyl (C=O) groups is 1. The summed E-state index contributed by atoms with van der Waals surface area (Å²) in [6.45, 7) is 7.28. The van der Waals surface area contributed by atoms with Gasteiger partial charge in [-0.2, -0.15) is 0 Å². The summed E-state index contributed by atoms with van der Waals surface area (Å²) in [5.74, 6) is 1.22. The van der Waals surface area contributed by atoms with Crippen LogP contribution in [0, 0.1) is 0 Å². The molecule has 0 aliphatic rings. The van der Waals surface area contributed by atoms with E-state index in [0.29, 0.717) is 12.4 Å². The molecule has 0 aliphatic heterocycles. The fourth-order valence-corrected chi connectivity index (χ4v) is 1.66. The minimum atomic E-state index is -0.286. The molecular formula is C13H22N4O2. The Labute approximate surface area is 114 Å². The summed E-state index contributed by atoms with van der Waals surface area (Å²) < 4.78 is 4.87. The van der Waals surface area contributed by atoms with Gasteiger partial charge in [0, 0.05) is 12.1 Å². The predicted molar refractivity (Wildman–Crippen MR) is 75.3 cm³/mol. The second-order valence-electron chi connectivity index (χ2n) is 3.99. The minimum absolute atomic E-state index is 0.116. The molecule has 0 radical (unpaired) electrons. The number of nitrogens with zero attached hydrogens (tertiary/aromatic N) is 2. The summed E-state index contributed by atoms with van der Waals surface area (Å²) in [6, 6.07) is 0. The Morgan fingerprint density at radius 3 is 2.47 bits per heavy atom. The Hall–Kier alpha value is -1.85. The van der Waals surface area contributed by atoms with Gasteiger partial charge < -0.3 is 15.4 Å². The molecule has 0 bridgehead atoms. The van der Waals surface area contributed by atoms with E-state index in [-0.39, 0.29) is 12.5 Å². The summed E-state index contributed by atoms with van der Waals surface area (Å²) in [4.78, 5) is 19.7. The first-order chi connectivity index (χ1) is 9.22.